The van der Waals surface area contributed by atoms with Crippen molar-refractivity contribution in [3.63, 3.8) is 0 Å². The fourth-order valence-electron chi connectivity index (χ4n) is 2.13. The normalized spacial score (nSPS) is 12.0. The Balaban J connectivity index is 2.07. The van der Waals surface area contributed by atoms with Crippen molar-refractivity contribution in [2.75, 3.05) is 12.8 Å². The van der Waals surface area contributed by atoms with E-state index in [9.17, 15) is 9.18 Å². The van der Waals surface area contributed by atoms with Crippen LogP contribution in [0.4, 0.5) is 10.2 Å². The summed E-state index contributed by atoms with van der Waals surface area (Å²) in [6.07, 6.45) is 0. The summed E-state index contributed by atoms with van der Waals surface area (Å²) < 4.78 is 13.8. The Labute approximate surface area is 149 Å². The molecule has 0 unspecified atom stereocenters. The summed E-state index contributed by atoms with van der Waals surface area (Å²) in [4.78, 5) is 22.3. The van der Waals surface area contributed by atoms with Gasteiger partial charge in [-0.05, 0) is 26.0 Å². The number of aryl methyl sites for hydroxylation is 1. The Morgan fingerprint density at radius 1 is 1.46 bits per heavy atom. The van der Waals surface area contributed by atoms with E-state index in [4.69, 9.17) is 17.3 Å². The van der Waals surface area contributed by atoms with Crippen LogP contribution in [0.2, 0.25) is 5.02 Å². The third kappa shape index (κ3) is 4.58. The van der Waals surface area contributed by atoms with Crippen molar-refractivity contribution >= 4 is 35.1 Å². The van der Waals surface area contributed by atoms with Crippen LogP contribution in [-0.4, -0.2) is 33.1 Å². The fourth-order valence-corrected chi connectivity index (χ4v) is 3.31. The Morgan fingerprint density at radius 2 is 2.17 bits per heavy atom. The third-order valence-corrected chi connectivity index (χ3v) is 4.62. The molecule has 0 aliphatic heterocycles. The first kappa shape index (κ1) is 18.5. The minimum Gasteiger partial charge on any atom is -0.384 e. The second-order valence-electron chi connectivity index (χ2n) is 5.37. The molecule has 0 aliphatic rings. The molecule has 0 saturated heterocycles. The van der Waals surface area contributed by atoms with Gasteiger partial charge in [0.15, 0.2) is 5.16 Å². The summed E-state index contributed by atoms with van der Waals surface area (Å²) in [6.45, 7) is 3.64. The summed E-state index contributed by atoms with van der Waals surface area (Å²) in [5.41, 5.74) is 6.72. The van der Waals surface area contributed by atoms with Crippen LogP contribution in [-0.2, 0) is 11.3 Å². The van der Waals surface area contributed by atoms with Crippen LogP contribution in [0, 0.1) is 12.7 Å². The number of amides is 1. The maximum absolute atomic E-state index is 13.8. The van der Waals surface area contributed by atoms with Gasteiger partial charge in [0.25, 0.3) is 0 Å². The molecule has 1 heterocycles. The fraction of sp³-hybridized carbons (Fsp3) is 0.312. The first-order chi connectivity index (χ1) is 11.3. The maximum Gasteiger partial charge on any atom is 0.235 e. The van der Waals surface area contributed by atoms with Gasteiger partial charge in [-0.25, -0.2) is 14.4 Å². The number of benzene rings is 1. The third-order valence-electron chi connectivity index (χ3n) is 3.32. The van der Waals surface area contributed by atoms with Gasteiger partial charge in [-0.2, -0.15) is 0 Å². The van der Waals surface area contributed by atoms with Crippen LogP contribution < -0.4 is 5.73 Å². The smallest absolute Gasteiger partial charge is 0.235 e. The van der Waals surface area contributed by atoms with E-state index in [0.29, 0.717) is 21.6 Å². The Kier molecular flexibility index (Phi) is 6.01. The zero-order chi connectivity index (χ0) is 17.9. The van der Waals surface area contributed by atoms with Gasteiger partial charge in [0.2, 0.25) is 5.91 Å². The molecular formula is C16H18ClFN4OS. The Hall–Kier alpha value is -1.86. The summed E-state index contributed by atoms with van der Waals surface area (Å²) in [6, 6.07) is 6.10. The summed E-state index contributed by atoms with van der Waals surface area (Å²) in [5, 5.41) is 0.289. The summed E-state index contributed by atoms with van der Waals surface area (Å²) >= 11 is 7.21. The van der Waals surface area contributed by atoms with Gasteiger partial charge in [-0.1, -0.05) is 29.4 Å². The highest BCUT2D eigenvalue weighted by Gasteiger charge is 2.22. The van der Waals surface area contributed by atoms with Gasteiger partial charge in [0.1, 0.15) is 11.6 Å². The van der Waals surface area contributed by atoms with Gasteiger partial charge >= 0.3 is 0 Å². The van der Waals surface area contributed by atoms with E-state index in [-0.39, 0.29) is 12.5 Å². The van der Waals surface area contributed by atoms with Crippen LogP contribution in [0.25, 0.3) is 0 Å². The monoisotopic (exact) mass is 368 g/mol. The molecule has 128 valence electrons. The topological polar surface area (TPSA) is 72.1 Å². The number of rotatable bonds is 5. The number of hydrogen-bond acceptors (Lipinski definition) is 5. The van der Waals surface area contributed by atoms with Crippen LogP contribution >= 0.6 is 23.4 Å². The molecule has 1 atom stereocenters. The first-order valence-corrected chi connectivity index (χ1v) is 8.49. The van der Waals surface area contributed by atoms with Crippen molar-refractivity contribution in [2.24, 2.45) is 0 Å². The van der Waals surface area contributed by atoms with Crippen LogP contribution in [0.1, 0.15) is 18.2 Å². The highest BCUT2D eigenvalue weighted by Crippen LogP contribution is 2.24. The molecule has 1 aromatic carbocycles. The number of thioether (sulfide) groups is 1. The van der Waals surface area contributed by atoms with E-state index < -0.39 is 11.1 Å². The van der Waals surface area contributed by atoms with Gasteiger partial charge in [-0.3, -0.25) is 4.79 Å². The molecular weight excluding hydrogens is 351 g/mol. The number of halogens is 2. The highest BCUT2D eigenvalue weighted by atomic mass is 35.5. The first-order valence-electron chi connectivity index (χ1n) is 7.23. The molecule has 2 rings (SSSR count). The zero-order valence-corrected chi connectivity index (χ0v) is 15.2. The standard InChI is InChI=1S/C16H18ClFN4OS/c1-9-7-14(19)21-16(20-9)24-10(2)15(23)22(3)8-11-12(17)5-4-6-13(11)18/h4-7,10H,8H2,1-3H3,(H2,19,20,21)/t10-/m0/s1. The van der Waals surface area contributed by atoms with Crippen LogP contribution in [0.15, 0.2) is 29.4 Å². The molecule has 2 N–H and O–H groups in total. The molecule has 1 aromatic heterocycles. The molecule has 0 bridgehead atoms. The van der Waals surface area contributed by atoms with E-state index in [2.05, 4.69) is 9.97 Å². The molecule has 0 aliphatic carbocycles. The molecule has 2 aromatic rings. The highest BCUT2D eigenvalue weighted by molar-refractivity contribution is 8.00. The molecule has 8 heteroatoms. The quantitative estimate of drug-likeness (QED) is 0.647. The van der Waals surface area contributed by atoms with Crippen molar-refractivity contribution in [2.45, 2.75) is 30.8 Å². The Bertz CT molecular complexity index is 718. The SMILES string of the molecule is Cc1cc(N)nc(S[C@@H](C)C(=O)N(C)Cc2c(F)cccc2Cl)n1. The number of anilines is 1. The average Bonchev–Trinajstić information content (AvgIpc) is 2.49. The Morgan fingerprint density at radius 3 is 2.79 bits per heavy atom. The second-order valence-corrected chi connectivity index (χ2v) is 7.09. The lowest BCUT2D eigenvalue weighted by Crippen LogP contribution is -2.33. The van der Waals surface area contributed by atoms with Crippen LogP contribution in [0.3, 0.4) is 0 Å². The molecule has 24 heavy (non-hydrogen) atoms. The van der Waals surface area contributed by atoms with E-state index >= 15 is 0 Å². The molecule has 0 fully saturated rings. The van der Waals surface area contributed by atoms with E-state index in [1.807, 2.05) is 0 Å². The van der Waals surface area contributed by atoms with E-state index in [0.717, 1.165) is 5.69 Å². The lowest BCUT2D eigenvalue weighted by atomic mass is 10.2. The number of hydrogen-bond donors (Lipinski definition) is 1. The van der Waals surface area contributed by atoms with Crippen molar-refractivity contribution < 1.29 is 9.18 Å². The average molecular weight is 369 g/mol. The van der Waals surface area contributed by atoms with Gasteiger partial charge in [0.05, 0.1) is 5.25 Å². The van der Waals surface area contributed by atoms with Crippen molar-refractivity contribution in [3.8, 4) is 0 Å². The number of carbonyl (C=O) groups excluding carboxylic acids is 1. The maximum atomic E-state index is 13.8. The lowest BCUT2D eigenvalue weighted by molar-refractivity contribution is -0.129. The number of aromatic nitrogens is 2. The van der Waals surface area contributed by atoms with E-state index in [1.165, 1.54) is 28.8 Å². The number of nitrogen functional groups attached to an aromatic ring is 1. The molecule has 0 saturated carbocycles. The van der Waals surface area contributed by atoms with Gasteiger partial charge < -0.3 is 10.6 Å². The van der Waals surface area contributed by atoms with Crippen molar-refractivity contribution in [1.82, 2.24) is 14.9 Å². The van der Waals surface area contributed by atoms with Crippen molar-refractivity contribution in [3.05, 3.63) is 46.4 Å². The summed E-state index contributed by atoms with van der Waals surface area (Å²) in [5.74, 6) is -0.253. The number of carbonyl (C=O) groups is 1. The summed E-state index contributed by atoms with van der Waals surface area (Å²) in [7, 11) is 1.60. The minimum absolute atomic E-state index is 0.0893. The predicted molar refractivity (Wildman–Crippen MR) is 94.4 cm³/mol. The van der Waals surface area contributed by atoms with Gasteiger partial charge in [-0.15, -0.1) is 0 Å². The molecule has 5 nitrogen and oxygen atoms in total. The lowest BCUT2D eigenvalue weighted by Gasteiger charge is -2.21. The second kappa shape index (κ2) is 7.81. The zero-order valence-electron chi connectivity index (χ0n) is 13.6. The molecule has 0 spiro atoms. The van der Waals surface area contributed by atoms with Crippen LogP contribution in [0.5, 0.6) is 0 Å². The van der Waals surface area contributed by atoms with Gasteiger partial charge in [0, 0.05) is 35.9 Å². The van der Waals surface area contributed by atoms with Crippen molar-refractivity contribution in [1.29, 1.82) is 0 Å². The van der Waals surface area contributed by atoms with E-state index in [1.54, 1.807) is 33.0 Å². The molecule has 1 amide bonds. The predicted octanol–water partition coefficient (Wildman–Crippen LogP) is 3.30. The number of nitrogens with zero attached hydrogens (tertiary/aromatic N) is 3. The largest absolute Gasteiger partial charge is 0.384 e. The molecule has 0 radical (unpaired) electrons. The number of nitrogens with two attached hydrogens (primary N) is 1. The minimum atomic E-state index is -0.443.